The van der Waals surface area contributed by atoms with Gasteiger partial charge in [0.25, 0.3) is 5.91 Å². The van der Waals surface area contributed by atoms with E-state index in [2.05, 4.69) is 36.0 Å². The van der Waals surface area contributed by atoms with E-state index in [4.69, 9.17) is 23.1 Å². The molecule has 3 rings (SSSR count). The summed E-state index contributed by atoms with van der Waals surface area (Å²) in [6.45, 7) is 8.52. The number of benzene rings is 2. The SMILES string of the molecule is Cc1cc(C(=O)N(CCCN)C(CN(/C=C(\N)c2cccc(Cl)c2)Cc2ccccc2)C(C)C)nn1C. The number of aromatic nitrogens is 2. The van der Waals surface area contributed by atoms with E-state index >= 15 is 0 Å². The summed E-state index contributed by atoms with van der Waals surface area (Å²) in [5.41, 5.74) is 16.4. The van der Waals surface area contributed by atoms with Crippen LogP contribution >= 0.6 is 11.6 Å². The van der Waals surface area contributed by atoms with E-state index < -0.39 is 0 Å². The lowest BCUT2D eigenvalue weighted by atomic mass is 10.00. The van der Waals surface area contributed by atoms with Crippen LogP contribution in [0, 0.1) is 12.8 Å². The van der Waals surface area contributed by atoms with Crippen molar-refractivity contribution in [3.63, 3.8) is 0 Å². The highest BCUT2D eigenvalue weighted by molar-refractivity contribution is 6.30. The number of aryl methyl sites for hydroxylation is 2. The van der Waals surface area contributed by atoms with Crippen molar-refractivity contribution in [3.05, 3.63) is 94.4 Å². The van der Waals surface area contributed by atoms with Crippen LogP contribution in [0.2, 0.25) is 5.02 Å². The van der Waals surface area contributed by atoms with Gasteiger partial charge in [-0.3, -0.25) is 9.48 Å². The molecule has 4 N–H and O–H groups in total. The molecule has 2 aromatic carbocycles. The summed E-state index contributed by atoms with van der Waals surface area (Å²) >= 11 is 6.22. The second-order valence-corrected chi connectivity index (χ2v) is 10.2. The molecule has 1 heterocycles. The fourth-order valence-electron chi connectivity index (χ4n) is 4.32. The minimum Gasteiger partial charge on any atom is -0.397 e. The van der Waals surface area contributed by atoms with E-state index in [1.165, 1.54) is 0 Å². The minimum absolute atomic E-state index is 0.0812. The van der Waals surface area contributed by atoms with Crippen LogP contribution in [0.4, 0.5) is 0 Å². The van der Waals surface area contributed by atoms with Crippen LogP contribution in [0.25, 0.3) is 5.70 Å². The highest BCUT2D eigenvalue weighted by Gasteiger charge is 2.30. The van der Waals surface area contributed by atoms with Gasteiger partial charge in [-0.25, -0.2) is 0 Å². The van der Waals surface area contributed by atoms with E-state index in [0.29, 0.717) is 49.0 Å². The average Bonchev–Trinajstić information content (AvgIpc) is 3.21. The van der Waals surface area contributed by atoms with Crippen molar-refractivity contribution < 1.29 is 4.79 Å². The summed E-state index contributed by atoms with van der Waals surface area (Å²) < 4.78 is 1.73. The Hall–Kier alpha value is -3.29. The number of amides is 1. The Morgan fingerprint density at radius 1 is 1.14 bits per heavy atom. The molecule has 0 aliphatic heterocycles. The van der Waals surface area contributed by atoms with Crippen LogP contribution < -0.4 is 11.5 Å². The van der Waals surface area contributed by atoms with Gasteiger partial charge in [0.15, 0.2) is 5.69 Å². The van der Waals surface area contributed by atoms with Gasteiger partial charge in [-0.1, -0.05) is 67.9 Å². The number of carbonyl (C=O) groups is 1. The molecule has 0 aliphatic carbocycles. The number of hydrogen-bond acceptors (Lipinski definition) is 5. The predicted octanol–water partition coefficient (Wildman–Crippen LogP) is 4.66. The van der Waals surface area contributed by atoms with Crippen molar-refractivity contribution in [2.45, 2.75) is 39.8 Å². The van der Waals surface area contributed by atoms with Crippen molar-refractivity contribution in [2.75, 3.05) is 19.6 Å². The van der Waals surface area contributed by atoms with Gasteiger partial charge in [0.2, 0.25) is 0 Å². The number of hydrogen-bond donors (Lipinski definition) is 2. The Balaban J connectivity index is 1.97. The Morgan fingerprint density at radius 3 is 2.46 bits per heavy atom. The molecule has 0 saturated heterocycles. The normalized spacial score (nSPS) is 12.6. The van der Waals surface area contributed by atoms with Crippen LogP contribution in [0.1, 0.15) is 47.6 Å². The first-order valence-electron chi connectivity index (χ1n) is 12.7. The van der Waals surface area contributed by atoms with Gasteiger partial charge >= 0.3 is 0 Å². The summed E-state index contributed by atoms with van der Waals surface area (Å²) in [5, 5.41) is 5.09. The van der Waals surface area contributed by atoms with Crippen molar-refractivity contribution in [1.82, 2.24) is 19.6 Å². The first-order valence-corrected chi connectivity index (χ1v) is 13.1. The topological polar surface area (TPSA) is 93.4 Å². The highest BCUT2D eigenvalue weighted by atomic mass is 35.5. The van der Waals surface area contributed by atoms with Crippen molar-refractivity contribution in [2.24, 2.45) is 24.4 Å². The van der Waals surface area contributed by atoms with Crippen LogP contribution in [0.15, 0.2) is 66.9 Å². The minimum atomic E-state index is -0.0894. The van der Waals surface area contributed by atoms with E-state index in [9.17, 15) is 4.79 Å². The quantitative estimate of drug-likeness (QED) is 0.361. The fraction of sp³-hybridized carbons (Fsp3) is 0.379. The third-order valence-corrected chi connectivity index (χ3v) is 6.73. The second-order valence-electron chi connectivity index (χ2n) is 9.76. The monoisotopic (exact) mass is 522 g/mol. The zero-order valence-corrected chi connectivity index (χ0v) is 23.0. The number of halogens is 1. The Labute approximate surface area is 225 Å². The van der Waals surface area contributed by atoms with Gasteiger partial charge in [0, 0.05) is 49.2 Å². The van der Waals surface area contributed by atoms with Crippen molar-refractivity contribution in [1.29, 1.82) is 0 Å². The summed E-state index contributed by atoms with van der Waals surface area (Å²) in [6.07, 6.45) is 2.67. The number of nitrogens with two attached hydrogens (primary N) is 2. The molecule has 0 saturated carbocycles. The van der Waals surface area contributed by atoms with E-state index in [0.717, 1.165) is 16.8 Å². The van der Waals surface area contributed by atoms with Gasteiger partial charge in [-0.2, -0.15) is 5.10 Å². The molecule has 3 aromatic rings. The molecule has 7 nitrogen and oxygen atoms in total. The van der Waals surface area contributed by atoms with E-state index in [1.54, 1.807) is 4.68 Å². The largest absolute Gasteiger partial charge is 0.397 e. The summed E-state index contributed by atoms with van der Waals surface area (Å²) in [4.78, 5) is 17.8. The maximum atomic E-state index is 13.7. The van der Waals surface area contributed by atoms with Crippen molar-refractivity contribution in [3.8, 4) is 0 Å². The summed E-state index contributed by atoms with van der Waals surface area (Å²) in [7, 11) is 1.85. The third-order valence-electron chi connectivity index (χ3n) is 6.50. The molecule has 0 spiro atoms. The molecule has 0 fully saturated rings. The smallest absolute Gasteiger partial charge is 0.274 e. The molecule has 1 aromatic heterocycles. The molecule has 1 amide bonds. The lowest BCUT2D eigenvalue weighted by Crippen LogP contribution is -2.49. The molecule has 37 heavy (non-hydrogen) atoms. The number of carbonyl (C=O) groups excluding carboxylic acids is 1. The molecule has 198 valence electrons. The van der Waals surface area contributed by atoms with Crippen LogP contribution in [0.5, 0.6) is 0 Å². The third kappa shape index (κ3) is 7.84. The summed E-state index contributed by atoms with van der Waals surface area (Å²) in [5.74, 6) is 0.105. The average molecular weight is 523 g/mol. The van der Waals surface area contributed by atoms with Gasteiger partial charge in [0.1, 0.15) is 0 Å². The van der Waals surface area contributed by atoms with Crippen LogP contribution in [-0.4, -0.2) is 51.2 Å². The van der Waals surface area contributed by atoms with E-state index in [-0.39, 0.29) is 17.9 Å². The van der Waals surface area contributed by atoms with Gasteiger partial charge in [0.05, 0.1) is 11.7 Å². The molecule has 0 bridgehead atoms. The molecule has 8 heteroatoms. The Kier molecular flexibility index (Phi) is 10.2. The highest BCUT2D eigenvalue weighted by Crippen LogP contribution is 2.21. The molecular weight excluding hydrogens is 484 g/mol. The number of nitrogens with zero attached hydrogens (tertiary/aromatic N) is 4. The van der Waals surface area contributed by atoms with Gasteiger partial charge in [-0.05, 0) is 49.6 Å². The predicted molar refractivity (Wildman–Crippen MR) is 152 cm³/mol. The Bertz CT molecular complexity index is 1170. The Morgan fingerprint density at radius 2 is 1.86 bits per heavy atom. The van der Waals surface area contributed by atoms with Gasteiger partial charge in [-0.15, -0.1) is 0 Å². The zero-order valence-electron chi connectivity index (χ0n) is 22.3. The first-order chi connectivity index (χ1) is 17.7. The summed E-state index contributed by atoms with van der Waals surface area (Å²) in [6, 6.07) is 19.5. The zero-order chi connectivity index (χ0) is 26.9. The van der Waals surface area contributed by atoms with Gasteiger partial charge < -0.3 is 21.3 Å². The molecule has 0 aliphatic rings. The molecule has 1 atom stereocenters. The molecular formula is C29H39ClN6O. The van der Waals surface area contributed by atoms with E-state index in [1.807, 2.05) is 73.6 Å². The lowest BCUT2D eigenvalue weighted by Gasteiger charge is -2.38. The maximum absolute atomic E-state index is 13.7. The first kappa shape index (κ1) is 28.3. The van der Waals surface area contributed by atoms with Crippen LogP contribution in [-0.2, 0) is 13.6 Å². The van der Waals surface area contributed by atoms with Crippen LogP contribution in [0.3, 0.4) is 0 Å². The van der Waals surface area contributed by atoms with Crippen molar-refractivity contribution >= 4 is 23.2 Å². The molecule has 0 radical (unpaired) electrons. The lowest BCUT2D eigenvalue weighted by molar-refractivity contribution is 0.0570. The fourth-order valence-corrected chi connectivity index (χ4v) is 4.51. The standard InChI is InChI=1S/C29H39ClN6O/c1-21(2)28(36(15-9-14-31)29(37)27-16-22(3)34(4)33-27)20-35(18-23-10-6-5-7-11-23)19-26(32)24-12-8-13-25(30)17-24/h5-8,10-13,16-17,19,21,28H,9,14-15,18,20,31-32H2,1-4H3/b26-19-. The molecule has 1 unspecified atom stereocenters. The second kappa shape index (κ2) is 13.3. The maximum Gasteiger partial charge on any atom is 0.274 e. The number of rotatable bonds is 12.